The second-order valence-corrected chi connectivity index (χ2v) is 8.63. The van der Waals surface area contributed by atoms with Crippen LogP contribution in [-0.4, -0.2) is 26.0 Å². The Balaban J connectivity index is 2.97. The number of hydrogen-bond donors (Lipinski definition) is 0. The maximum atomic E-state index is 13.2. The molecule has 5 nitrogen and oxygen atoms in total. The molecule has 27 heavy (non-hydrogen) atoms. The number of ether oxygens (including phenoxy) is 1. The first kappa shape index (κ1) is 20.7. The van der Waals surface area contributed by atoms with E-state index >= 15 is 0 Å². The molecule has 0 saturated heterocycles. The van der Waals surface area contributed by atoms with Crippen LogP contribution in [0.4, 0.5) is 13.2 Å². The van der Waals surface area contributed by atoms with Crippen molar-refractivity contribution in [3.05, 3.63) is 41.6 Å². The minimum atomic E-state index is -5.81. The van der Waals surface area contributed by atoms with Gasteiger partial charge in [-0.3, -0.25) is 0 Å². The molecule has 0 bridgehead atoms. The van der Waals surface area contributed by atoms with Gasteiger partial charge in [0.05, 0.1) is 12.7 Å². The topological polar surface area (TPSA) is 80.0 Å². The highest BCUT2D eigenvalue weighted by Crippen LogP contribution is 2.38. The average molecular weight is 398 g/mol. The van der Waals surface area contributed by atoms with Gasteiger partial charge in [0, 0.05) is 16.7 Å². The maximum absolute atomic E-state index is 13.2. The summed E-state index contributed by atoms with van der Waals surface area (Å²) in [5.74, 6) is 0.408. The molecule has 0 radical (unpaired) electrons. The molecule has 9 heteroatoms. The Morgan fingerprint density at radius 3 is 2.26 bits per heavy atom. The van der Waals surface area contributed by atoms with Crippen LogP contribution in [-0.2, 0) is 15.3 Å². The Kier molecular flexibility index (Phi) is 5.25. The molecule has 0 N–H and O–H groups in total. The minimum Gasteiger partial charge on any atom is -0.497 e. The second-order valence-electron chi connectivity index (χ2n) is 6.78. The van der Waals surface area contributed by atoms with Gasteiger partial charge >= 0.3 is 5.51 Å². The molecule has 144 valence electrons. The number of alkyl halides is 3. The van der Waals surface area contributed by atoms with E-state index in [0.29, 0.717) is 11.3 Å². The highest BCUT2D eigenvalue weighted by Gasteiger charge is 2.50. The molecule has 0 spiro atoms. The lowest BCUT2D eigenvalue weighted by Gasteiger charge is -2.21. The zero-order valence-corrected chi connectivity index (χ0v) is 15.9. The summed E-state index contributed by atoms with van der Waals surface area (Å²) in [6.45, 7) is 5.04. The van der Waals surface area contributed by atoms with E-state index in [1.54, 1.807) is 45.0 Å². The molecule has 0 unspecified atom stereocenters. The number of halogens is 3. The van der Waals surface area contributed by atoms with Crippen molar-refractivity contribution in [3.8, 4) is 22.9 Å². The van der Waals surface area contributed by atoms with Gasteiger partial charge in [-0.05, 0) is 23.8 Å². The lowest BCUT2D eigenvalue weighted by Crippen LogP contribution is -2.27. The third-order valence-corrected chi connectivity index (χ3v) is 5.22. The van der Waals surface area contributed by atoms with Crippen LogP contribution in [0.3, 0.4) is 0 Å². The van der Waals surface area contributed by atoms with Gasteiger partial charge in [0.1, 0.15) is 11.8 Å². The summed E-state index contributed by atoms with van der Waals surface area (Å²) < 4.78 is 68.7. The fraction of sp³-hybridized carbons (Fsp3) is 0.333. The number of nitrogens with zero attached hydrogens (tertiary/aromatic N) is 2. The Labute approximate surface area is 155 Å². The Hall–Kier alpha value is -2.60. The van der Waals surface area contributed by atoms with Gasteiger partial charge in [0.25, 0.3) is 9.84 Å². The van der Waals surface area contributed by atoms with Crippen LogP contribution in [0.25, 0.3) is 11.1 Å². The number of benzene rings is 1. The predicted molar refractivity (Wildman–Crippen MR) is 92.9 cm³/mol. The molecular formula is C18H17F3N2O3S. The van der Waals surface area contributed by atoms with Crippen molar-refractivity contribution in [3.63, 3.8) is 0 Å². The van der Waals surface area contributed by atoms with Gasteiger partial charge in [0.2, 0.25) is 0 Å². The smallest absolute Gasteiger partial charge is 0.497 e. The molecule has 0 fully saturated rings. The summed E-state index contributed by atoms with van der Waals surface area (Å²) in [6, 6.07) is 9.27. The number of hydrogen-bond acceptors (Lipinski definition) is 5. The fourth-order valence-corrected chi connectivity index (χ4v) is 3.20. The lowest BCUT2D eigenvalue weighted by molar-refractivity contribution is -0.0438. The summed E-state index contributed by atoms with van der Waals surface area (Å²) in [4.78, 5) is 3.72. The van der Waals surface area contributed by atoms with Crippen molar-refractivity contribution >= 4 is 9.84 Å². The van der Waals surface area contributed by atoms with Crippen LogP contribution in [0.15, 0.2) is 35.4 Å². The molecule has 1 aromatic carbocycles. The number of methoxy groups -OCH3 is 1. The van der Waals surface area contributed by atoms with E-state index in [0.717, 1.165) is 0 Å². The first-order valence-electron chi connectivity index (χ1n) is 7.74. The Bertz CT molecular complexity index is 1020. The first-order chi connectivity index (χ1) is 12.3. The van der Waals surface area contributed by atoms with E-state index in [-0.39, 0.29) is 11.3 Å². The maximum Gasteiger partial charge on any atom is 0.503 e. The molecule has 2 rings (SSSR count). The highest BCUT2D eigenvalue weighted by molar-refractivity contribution is 7.92. The van der Waals surface area contributed by atoms with Crippen molar-refractivity contribution in [2.45, 2.75) is 36.7 Å². The van der Waals surface area contributed by atoms with Crippen molar-refractivity contribution in [2.75, 3.05) is 7.11 Å². The monoisotopic (exact) mass is 398 g/mol. The standard InChI is InChI=1S/C18H17F3N2O3S/c1-17(2,3)15-9-13(11-6-5-7-12(8-11)26-4)14(10-22)16(23-15)27(24,25)18(19,20)21/h5-9H,1-4H3. The average Bonchev–Trinajstić information content (AvgIpc) is 2.58. The van der Waals surface area contributed by atoms with Crippen LogP contribution < -0.4 is 4.74 Å². The molecule has 0 aliphatic rings. The predicted octanol–water partition coefficient (Wildman–Crippen LogP) is 4.22. The van der Waals surface area contributed by atoms with Gasteiger partial charge < -0.3 is 4.74 Å². The normalized spacial score (nSPS) is 12.5. The largest absolute Gasteiger partial charge is 0.503 e. The summed E-state index contributed by atoms with van der Waals surface area (Å²) in [7, 11) is -4.40. The number of aromatic nitrogens is 1. The quantitative estimate of drug-likeness (QED) is 0.773. The molecule has 0 aliphatic heterocycles. The molecule has 0 atom stereocenters. The second kappa shape index (κ2) is 6.85. The lowest BCUT2D eigenvalue weighted by atomic mass is 9.89. The van der Waals surface area contributed by atoms with Gasteiger partial charge in [-0.25, -0.2) is 13.4 Å². The van der Waals surface area contributed by atoms with Crippen molar-refractivity contribution in [2.24, 2.45) is 0 Å². The van der Waals surface area contributed by atoms with Crippen molar-refractivity contribution in [1.82, 2.24) is 4.98 Å². The van der Waals surface area contributed by atoms with Gasteiger partial charge in [-0.2, -0.15) is 18.4 Å². The first-order valence-corrected chi connectivity index (χ1v) is 9.22. The zero-order chi connectivity index (χ0) is 20.6. The van der Waals surface area contributed by atoms with E-state index in [9.17, 15) is 26.9 Å². The fourth-order valence-electron chi connectivity index (χ4n) is 2.34. The molecule has 1 heterocycles. The highest BCUT2D eigenvalue weighted by atomic mass is 32.2. The summed E-state index contributed by atoms with van der Waals surface area (Å²) in [5.41, 5.74) is -6.49. The zero-order valence-electron chi connectivity index (χ0n) is 15.0. The minimum absolute atomic E-state index is 0.0409. The number of rotatable bonds is 3. The number of pyridine rings is 1. The summed E-state index contributed by atoms with van der Waals surface area (Å²) in [5, 5.41) is 8.17. The van der Waals surface area contributed by atoms with Crippen LogP contribution in [0.2, 0.25) is 0 Å². The third-order valence-electron chi connectivity index (χ3n) is 3.81. The SMILES string of the molecule is COc1cccc(-c2cc(C(C)(C)C)nc(S(=O)(=O)C(F)(F)F)c2C#N)c1. The Morgan fingerprint density at radius 1 is 1.15 bits per heavy atom. The molecule has 0 aliphatic carbocycles. The summed E-state index contributed by atoms with van der Waals surface area (Å²) in [6.07, 6.45) is 0. The van der Waals surface area contributed by atoms with E-state index < -0.39 is 31.3 Å². The third kappa shape index (κ3) is 3.90. The van der Waals surface area contributed by atoms with E-state index in [4.69, 9.17) is 4.74 Å². The molecule has 0 amide bonds. The van der Waals surface area contributed by atoms with Crippen molar-refractivity contribution < 1.29 is 26.3 Å². The van der Waals surface area contributed by atoms with Crippen LogP contribution >= 0.6 is 0 Å². The van der Waals surface area contributed by atoms with Crippen LogP contribution in [0, 0.1) is 11.3 Å². The van der Waals surface area contributed by atoms with Gasteiger partial charge in [-0.15, -0.1) is 0 Å². The van der Waals surface area contributed by atoms with Crippen LogP contribution in [0.1, 0.15) is 32.0 Å². The van der Waals surface area contributed by atoms with E-state index in [2.05, 4.69) is 4.98 Å². The number of sulfone groups is 1. The van der Waals surface area contributed by atoms with E-state index in [1.165, 1.54) is 19.2 Å². The molecular weight excluding hydrogens is 381 g/mol. The van der Waals surface area contributed by atoms with E-state index in [1.807, 2.05) is 0 Å². The number of nitriles is 1. The Morgan fingerprint density at radius 2 is 1.78 bits per heavy atom. The molecule has 0 saturated carbocycles. The molecule has 2 aromatic rings. The molecule has 1 aromatic heterocycles. The summed E-state index contributed by atoms with van der Waals surface area (Å²) >= 11 is 0. The van der Waals surface area contributed by atoms with Gasteiger partial charge in [0.15, 0.2) is 5.03 Å². The van der Waals surface area contributed by atoms with Crippen LogP contribution in [0.5, 0.6) is 5.75 Å². The van der Waals surface area contributed by atoms with Gasteiger partial charge in [-0.1, -0.05) is 32.9 Å². The van der Waals surface area contributed by atoms with Crippen molar-refractivity contribution in [1.29, 1.82) is 5.26 Å².